The molecule has 0 spiro atoms. The molecule has 3 aromatic rings. The molecule has 148 valence electrons. The number of ether oxygens (including phenoxy) is 1. The molecule has 0 radical (unpaired) electrons. The van der Waals surface area contributed by atoms with Crippen molar-refractivity contribution in [2.45, 2.75) is 32.4 Å². The average Bonchev–Trinajstić information content (AvgIpc) is 3.58. The van der Waals surface area contributed by atoms with E-state index < -0.39 is 0 Å². The molecule has 1 aliphatic heterocycles. The molecule has 2 aromatic heterocycles. The Balaban J connectivity index is 1.28. The van der Waals surface area contributed by atoms with Gasteiger partial charge in [0.15, 0.2) is 5.82 Å². The van der Waals surface area contributed by atoms with Gasteiger partial charge in [0, 0.05) is 60.8 Å². The molecule has 5 rings (SSSR count). The maximum atomic E-state index is 5.97. The predicted octanol–water partition coefficient (Wildman–Crippen LogP) is 3.47. The summed E-state index contributed by atoms with van der Waals surface area (Å²) in [4.78, 5) is 16.3. The number of rotatable bonds is 6. The molecular weight excluding hydrogens is 362 g/mol. The molecule has 6 heteroatoms. The lowest BCUT2D eigenvalue weighted by atomic mass is 10.1. The topological polar surface area (TPSA) is 77.2 Å². The van der Waals surface area contributed by atoms with Crippen LogP contribution in [0.25, 0.3) is 11.4 Å². The zero-order chi connectivity index (χ0) is 19.6. The summed E-state index contributed by atoms with van der Waals surface area (Å²) in [6, 6.07) is 11.8. The Labute approximate surface area is 170 Å². The summed E-state index contributed by atoms with van der Waals surface area (Å²) in [6.45, 7) is 3.41. The monoisotopic (exact) mass is 387 g/mol. The molecule has 3 heterocycles. The van der Waals surface area contributed by atoms with Gasteiger partial charge in [0.05, 0.1) is 12.3 Å². The van der Waals surface area contributed by atoms with E-state index in [1.165, 1.54) is 18.4 Å². The van der Waals surface area contributed by atoms with Crippen LogP contribution in [0.3, 0.4) is 0 Å². The second-order valence-electron chi connectivity index (χ2n) is 7.97. The number of benzene rings is 1. The highest BCUT2D eigenvalue weighted by molar-refractivity contribution is 5.58. The van der Waals surface area contributed by atoms with E-state index in [1.807, 2.05) is 42.7 Å². The van der Waals surface area contributed by atoms with Gasteiger partial charge in [-0.3, -0.25) is 4.90 Å². The van der Waals surface area contributed by atoms with Crippen molar-refractivity contribution in [2.75, 3.05) is 18.9 Å². The normalized spacial score (nSPS) is 16.4. The molecule has 1 saturated carbocycles. The number of nitrogen functional groups attached to an aromatic ring is 1. The third kappa shape index (κ3) is 4.22. The van der Waals surface area contributed by atoms with Crippen molar-refractivity contribution in [3.63, 3.8) is 0 Å². The average molecular weight is 387 g/mol. The van der Waals surface area contributed by atoms with Gasteiger partial charge in [-0.05, 0) is 49.1 Å². The first-order chi connectivity index (χ1) is 14.2. The summed E-state index contributed by atoms with van der Waals surface area (Å²) in [5.41, 5.74) is 11.0. The molecule has 29 heavy (non-hydrogen) atoms. The maximum absolute atomic E-state index is 5.97. The molecule has 0 saturated heterocycles. The summed E-state index contributed by atoms with van der Waals surface area (Å²) in [5, 5.41) is 0. The van der Waals surface area contributed by atoms with E-state index in [2.05, 4.69) is 20.9 Å². The minimum atomic E-state index is 0.721. The molecular formula is C23H25N5O. The lowest BCUT2D eigenvalue weighted by Crippen LogP contribution is -2.31. The summed E-state index contributed by atoms with van der Waals surface area (Å²) < 4.78 is 5.97. The summed E-state index contributed by atoms with van der Waals surface area (Å²) in [7, 11) is 0. The van der Waals surface area contributed by atoms with Crippen molar-refractivity contribution in [3.8, 4) is 17.3 Å². The van der Waals surface area contributed by atoms with E-state index in [-0.39, 0.29) is 0 Å². The molecule has 0 atom stereocenters. The van der Waals surface area contributed by atoms with E-state index in [0.717, 1.165) is 72.8 Å². The standard InChI is InChI=1S/C23H25N5O/c24-20-7-5-17(6-8-20)22-26-12-19-14-28(11-9-21(19)27-22)13-18-2-1-10-25-23(18)29-15-16-3-4-16/h1-2,5-8,10,12,16H,3-4,9,11,13-15,24H2. The van der Waals surface area contributed by atoms with E-state index in [9.17, 15) is 0 Å². The molecule has 0 unspecified atom stereocenters. The SMILES string of the molecule is Nc1ccc(-c2ncc3c(n2)CCN(Cc2cccnc2OCC2CC2)C3)cc1. The number of pyridine rings is 1. The van der Waals surface area contributed by atoms with E-state index in [1.54, 1.807) is 0 Å². The van der Waals surface area contributed by atoms with Gasteiger partial charge in [-0.1, -0.05) is 6.07 Å². The van der Waals surface area contributed by atoms with Crippen LogP contribution in [0.4, 0.5) is 5.69 Å². The molecule has 1 aliphatic carbocycles. The third-order valence-corrected chi connectivity index (χ3v) is 5.58. The molecule has 0 bridgehead atoms. The number of anilines is 1. The van der Waals surface area contributed by atoms with E-state index >= 15 is 0 Å². The summed E-state index contributed by atoms with van der Waals surface area (Å²) >= 11 is 0. The zero-order valence-corrected chi connectivity index (χ0v) is 16.4. The molecule has 6 nitrogen and oxygen atoms in total. The highest BCUT2D eigenvalue weighted by Crippen LogP contribution is 2.30. The predicted molar refractivity (Wildman–Crippen MR) is 112 cm³/mol. The van der Waals surface area contributed by atoms with Crippen LogP contribution in [0.15, 0.2) is 48.8 Å². The van der Waals surface area contributed by atoms with Gasteiger partial charge in [-0.2, -0.15) is 0 Å². The maximum Gasteiger partial charge on any atom is 0.217 e. The van der Waals surface area contributed by atoms with Gasteiger partial charge in [-0.25, -0.2) is 15.0 Å². The van der Waals surface area contributed by atoms with Crippen molar-refractivity contribution in [3.05, 3.63) is 65.6 Å². The number of hydrogen-bond donors (Lipinski definition) is 1. The van der Waals surface area contributed by atoms with Crippen LogP contribution in [-0.2, 0) is 19.5 Å². The Morgan fingerprint density at radius 3 is 2.79 bits per heavy atom. The van der Waals surface area contributed by atoms with Gasteiger partial charge in [0.1, 0.15) is 0 Å². The molecule has 1 fully saturated rings. The number of fused-ring (bicyclic) bond motifs is 1. The van der Waals surface area contributed by atoms with Crippen LogP contribution in [0.5, 0.6) is 5.88 Å². The molecule has 2 aliphatic rings. The lowest BCUT2D eigenvalue weighted by molar-refractivity contribution is 0.231. The summed E-state index contributed by atoms with van der Waals surface area (Å²) in [6.07, 6.45) is 7.25. The Morgan fingerprint density at radius 1 is 1.10 bits per heavy atom. The van der Waals surface area contributed by atoms with Crippen LogP contribution in [-0.4, -0.2) is 33.0 Å². The Bertz CT molecular complexity index is 1000. The third-order valence-electron chi connectivity index (χ3n) is 5.58. The molecule has 2 N–H and O–H groups in total. The second-order valence-corrected chi connectivity index (χ2v) is 7.97. The number of nitrogens with two attached hydrogens (primary N) is 1. The Hall–Kier alpha value is -2.99. The smallest absolute Gasteiger partial charge is 0.217 e. The number of aromatic nitrogens is 3. The minimum absolute atomic E-state index is 0.721. The first-order valence-electron chi connectivity index (χ1n) is 10.2. The van der Waals surface area contributed by atoms with Gasteiger partial charge >= 0.3 is 0 Å². The van der Waals surface area contributed by atoms with Crippen molar-refractivity contribution in [1.82, 2.24) is 19.9 Å². The number of hydrogen-bond acceptors (Lipinski definition) is 6. The van der Waals surface area contributed by atoms with Crippen molar-refractivity contribution in [2.24, 2.45) is 5.92 Å². The van der Waals surface area contributed by atoms with Crippen LogP contribution in [0, 0.1) is 5.92 Å². The van der Waals surface area contributed by atoms with Crippen molar-refractivity contribution in [1.29, 1.82) is 0 Å². The van der Waals surface area contributed by atoms with E-state index in [0.29, 0.717) is 0 Å². The van der Waals surface area contributed by atoms with Crippen molar-refractivity contribution >= 4 is 5.69 Å². The lowest BCUT2D eigenvalue weighted by Gasteiger charge is -2.28. The highest BCUT2D eigenvalue weighted by Gasteiger charge is 2.24. The fraction of sp³-hybridized carbons (Fsp3) is 0.348. The van der Waals surface area contributed by atoms with Gasteiger partial charge in [0.25, 0.3) is 0 Å². The van der Waals surface area contributed by atoms with Crippen LogP contribution in [0.1, 0.15) is 29.7 Å². The fourth-order valence-corrected chi connectivity index (χ4v) is 3.68. The van der Waals surface area contributed by atoms with Crippen molar-refractivity contribution < 1.29 is 4.74 Å². The van der Waals surface area contributed by atoms with Gasteiger partial charge < -0.3 is 10.5 Å². The van der Waals surface area contributed by atoms with Gasteiger partial charge in [0.2, 0.25) is 5.88 Å². The Kier molecular flexibility index (Phi) is 4.86. The van der Waals surface area contributed by atoms with Crippen LogP contribution >= 0.6 is 0 Å². The molecule has 0 amide bonds. The zero-order valence-electron chi connectivity index (χ0n) is 16.4. The van der Waals surface area contributed by atoms with E-state index in [4.69, 9.17) is 15.5 Å². The first kappa shape index (κ1) is 18.1. The van der Waals surface area contributed by atoms with Gasteiger partial charge in [-0.15, -0.1) is 0 Å². The largest absolute Gasteiger partial charge is 0.477 e. The quantitative estimate of drug-likeness (QED) is 0.653. The molecule has 1 aromatic carbocycles. The second kappa shape index (κ2) is 7.79. The van der Waals surface area contributed by atoms with Crippen LogP contribution in [0.2, 0.25) is 0 Å². The summed E-state index contributed by atoms with van der Waals surface area (Å²) in [5.74, 6) is 2.26. The van der Waals surface area contributed by atoms with Crippen LogP contribution < -0.4 is 10.5 Å². The Morgan fingerprint density at radius 2 is 1.97 bits per heavy atom. The fourth-order valence-electron chi connectivity index (χ4n) is 3.68. The minimum Gasteiger partial charge on any atom is -0.477 e. The first-order valence-corrected chi connectivity index (χ1v) is 10.2. The number of nitrogens with zero attached hydrogens (tertiary/aromatic N) is 4. The highest BCUT2D eigenvalue weighted by atomic mass is 16.5.